The summed E-state index contributed by atoms with van der Waals surface area (Å²) < 4.78 is 0. The minimum absolute atomic E-state index is 0.0396. The van der Waals surface area contributed by atoms with Crippen LogP contribution in [0.5, 0.6) is 0 Å². The SMILES string of the molecule is CC(C#N)N1CCCC1C1CCCCC1=O. The minimum atomic E-state index is -0.0396. The molecule has 3 nitrogen and oxygen atoms in total. The lowest BCUT2D eigenvalue weighted by atomic mass is 9.81. The largest absolute Gasteiger partial charge is 0.299 e. The Kier molecular flexibility index (Phi) is 3.60. The van der Waals surface area contributed by atoms with Crippen LogP contribution in [0.4, 0.5) is 0 Å². The fourth-order valence-corrected chi connectivity index (χ4v) is 3.22. The van der Waals surface area contributed by atoms with Crippen LogP contribution < -0.4 is 0 Å². The van der Waals surface area contributed by atoms with Gasteiger partial charge < -0.3 is 0 Å². The molecule has 0 bridgehead atoms. The molecule has 0 radical (unpaired) electrons. The smallest absolute Gasteiger partial charge is 0.137 e. The molecular formula is C13H20N2O. The van der Waals surface area contributed by atoms with Crippen molar-refractivity contribution in [2.24, 2.45) is 5.92 Å². The first-order valence-electron chi connectivity index (χ1n) is 6.42. The second-order valence-electron chi connectivity index (χ2n) is 5.07. The predicted molar refractivity (Wildman–Crippen MR) is 61.8 cm³/mol. The Morgan fingerprint density at radius 2 is 2.19 bits per heavy atom. The number of hydrogen-bond donors (Lipinski definition) is 0. The van der Waals surface area contributed by atoms with E-state index in [0.717, 1.165) is 38.6 Å². The predicted octanol–water partition coefficient (Wildman–Crippen LogP) is 2.12. The molecule has 0 spiro atoms. The van der Waals surface area contributed by atoms with Gasteiger partial charge in [-0.05, 0) is 39.2 Å². The van der Waals surface area contributed by atoms with Crippen molar-refractivity contribution in [1.82, 2.24) is 4.90 Å². The van der Waals surface area contributed by atoms with Crippen molar-refractivity contribution in [3.63, 3.8) is 0 Å². The maximum absolute atomic E-state index is 11.9. The van der Waals surface area contributed by atoms with Gasteiger partial charge in [-0.3, -0.25) is 9.69 Å². The highest BCUT2D eigenvalue weighted by Crippen LogP contribution is 2.33. The van der Waals surface area contributed by atoms with Gasteiger partial charge in [-0.2, -0.15) is 5.26 Å². The maximum Gasteiger partial charge on any atom is 0.137 e. The van der Waals surface area contributed by atoms with Gasteiger partial charge in [0.15, 0.2) is 0 Å². The van der Waals surface area contributed by atoms with Gasteiger partial charge in [-0.25, -0.2) is 0 Å². The Labute approximate surface area is 97.4 Å². The summed E-state index contributed by atoms with van der Waals surface area (Å²) in [5.74, 6) is 0.653. The lowest BCUT2D eigenvalue weighted by Crippen LogP contribution is -2.44. The molecule has 2 rings (SSSR count). The fraction of sp³-hybridized carbons (Fsp3) is 0.846. The number of Topliss-reactive ketones (excluding diaryl/α,β-unsaturated/α-hetero) is 1. The van der Waals surface area contributed by atoms with E-state index in [4.69, 9.17) is 5.26 Å². The number of likely N-dealkylation sites (tertiary alicyclic amines) is 1. The van der Waals surface area contributed by atoms with Crippen molar-refractivity contribution in [3.05, 3.63) is 0 Å². The van der Waals surface area contributed by atoms with Gasteiger partial charge in [0.05, 0.1) is 12.1 Å². The topological polar surface area (TPSA) is 44.1 Å². The molecule has 3 heteroatoms. The molecule has 3 atom stereocenters. The highest BCUT2D eigenvalue weighted by molar-refractivity contribution is 5.82. The van der Waals surface area contributed by atoms with E-state index in [0.29, 0.717) is 11.8 Å². The van der Waals surface area contributed by atoms with Gasteiger partial charge in [0.25, 0.3) is 0 Å². The number of nitrogens with zero attached hydrogens (tertiary/aromatic N) is 2. The number of ketones is 1. The lowest BCUT2D eigenvalue weighted by molar-refractivity contribution is -0.126. The Hall–Kier alpha value is -0.880. The Balaban J connectivity index is 2.07. The van der Waals surface area contributed by atoms with Gasteiger partial charge in [0.2, 0.25) is 0 Å². The average molecular weight is 220 g/mol. The molecule has 1 aliphatic heterocycles. The van der Waals surface area contributed by atoms with Crippen LogP contribution >= 0.6 is 0 Å². The van der Waals surface area contributed by atoms with Gasteiger partial charge >= 0.3 is 0 Å². The summed E-state index contributed by atoms with van der Waals surface area (Å²) >= 11 is 0. The maximum atomic E-state index is 11.9. The lowest BCUT2D eigenvalue weighted by Gasteiger charge is -2.34. The molecule has 0 aromatic heterocycles. The van der Waals surface area contributed by atoms with Gasteiger partial charge in [0, 0.05) is 18.4 Å². The fourth-order valence-electron chi connectivity index (χ4n) is 3.22. The quantitative estimate of drug-likeness (QED) is 0.716. The van der Waals surface area contributed by atoms with Crippen molar-refractivity contribution < 1.29 is 4.79 Å². The molecule has 0 aromatic carbocycles. The summed E-state index contributed by atoms with van der Waals surface area (Å²) in [6.07, 6.45) is 6.29. The van der Waals surface area contributed by atoms with E-state index in [1.54, 1.807) is 0 Å². The van der Waals surface area contributed by atoms with E-state index in [-0.39, 0.29) is 12.0 Å². The second kappa shape index (κ2) is 4.97. The van der Waals surface area contributed by atoms with Crippen LogP contribution in [-0.4, -0.2) is 29.3 Å². The highest BCUT2D eigenvalue weighted by Gasteiger charge is 2.38. The molecule has 1 heterocycles. The van der Waals surface area contributed by atoms with E-state index >= 15 is 0 Å². The highest BCUT2D eigenvalue weighted by atomic mass is 16.1. The number of carbonyl (C=O) groups is 1. The van der Waals surface area contributed by atoms with Gasteiger partial charge in [-0.1, -0.05) is 6.42 Å². The van der Waals surface area contributed by atoms with Crippen LogP contribution in [0.15, 0.2) is 0 Å². The zero-order chi connectivity index (χ0) is 11.5. The molecule has 2 aliphatic rings. The monoisotopic (exact) mass is 220 g/mol. The third kappa shape index (κ3) is 2.12. The zero-order valence-electron chi connectivity index (χ0n) is 9.98. The molecule has 1 saturated heterocycles. The molecule has 0 aromatic rings. The molecule has 88 valence electrons. The summed E-state index contributed by atoms with van der Waals surface area (Å²) in [5.41, 5.74) is 0. The Bertz CT molecular complexity index is 308. The van der Waals surface area contributed by atoms with Crippen LogP contribution in [-0.2, 0) is 4.79 Å². The summed E-state index contributed by atoms with van der Waals surface area (Å²) in [6.45, 7) is 2.94. The third-order valence-corrected chi connectivity index (χ3v) is 4.09. The number of hydrogen-bond acceptors (Lipinski definition) is 3. The van der Waals surface area contributed by atoms with E-state index in [1.165, 1.54) is 6.42 Å². The van der Waals surface area contributed by atoms with E-state index in [9.17, 15) is 4.79 Å². The molecule has 16 heavy (non-hydrogen) atoms. The standard InChI is InChI=1S/C13H20N2O/c1-10(9-14)15-8-4-6-12(15)11-5-2-3-7-13(11)16/h10-12H,2-8H2,1H3. The van der Waals surface area contributed by atoms with Crippen molar-refractivity contribution in [3.8, 4) is 6.07 Å². The van der Waals surface area contributed by atoms with E-state index in [1.807, 2.05) is 6.92 Å². The average Bonchev–Trinajstić information content (AvgIpc) is 2.77. The van der Waals surface area contributed by atoms with E-state index < -0.39 is 0 Å². The molecule has 1 saturated carbocycles. The zero-order valence-corrected chi connectivity index (χ0v) is 9.98. The number of carbonyl (C=O) groups excluding carboxylic acids is 1. The van der Waals surface area contributed by atoms with Crippen molar-refractivity contribution in [1.29, 1.82) is 5.26 Å². The Morgan fingerprint density at radius 1 is 1.38 bits per heavy atom. The van der Waals surface area contributed by atoms with Crippen LogP contribution in [0.25, 0.3) is 0 Å². The van der Waals surface area contributed by atoms with Crippen LogP contribution in [0.3, 0.4) is 0 Å². The first-order chi connectivity index (χ1) is 7.74. The first-order valence-corrected chi connectivity index (χ1v) is 6.42. The second-order valence-corrected chi connectivity index (χ2v) is 5.07. The van der Waals surface area contributed by atoms with Gasteiger partial charge in [0.1, 0.15) is 5.78 Å². The third-order valence-electron chi connectivity index (χ3n) is 4.09. The van der Waals surface area contributed by atoms with Crippen molar-refractivity contribution in [2.45, 2.75) is 57.5 Å². The summed E-state index contributed by atoms with van der Waals surface area (Å²) in [5, 5.41) is 9.00. The summed E-state index contributed by atoms with van der Waals surface area (Å²) in [7, 11) is 0. The summed E-state index contributed by atoms with van der Waals surface area (Å²) in [4.78, 5) is 14.2. The van der Waals surface area contributed by atoms with Crippen LogP contribution in [0, 0.1) is 17.2 Å². The minimum Gasteiger partial charge on any atom is -0.299 e. The molecule has 2 fully saturated rings. The summed E-state index contributed by atoms with van der Waals surface area (Å²) in [6, 6.07) is 2.62. The number of nitriles is 1. The molecule has 1 aliphatic carbocycles. The molecule has 0 N–H and O–H groups in total. The normalized spacial score (nSPS) is 33.6. The molecule has 0 amide bonds. The molecular weight excluding hydrogens is 200 g/mol. The van der Waals surface area contributed by atoms with Crippen LogP contribution in [0.1, 0.15) is 45.4 Å². The number of rotatable bonds is 2. The van der Waals surface area contributed by atoms with Crippen molar-refractivity contribution >= 4 is 5.78 Å². The van der Waals surface area contributed by atoms with Crippen LogP contribution in [0.2, 0.25) is 0 Å². The first kappa shape index (κ1) is 11.6. The van der Waals surface area contributed by atoms with Gasteiger partial charge in [-0.15, -0.1) is 0 Å². The van der Waals surface area contributed by atoms with E-state index in [2.05, 4.69) is 11.0 Å². The van der Waals surface area contributed by atoms with Crippen molar-refractivity contribution in [2.75, 3.05) is 6.54 Å². The molecule has 3 unspecified atom stereocenters. The Morgan fingerprint density at radius 3 is 2.88 bits per heavy atom.